The van der Waals surface area contributed by atoms with Crippen molar-refractivity contribution in [3.05, 3.63) is 72.9 Å². The fourth-order valence-corrected chi connectivity index (χ4v) is 7.27. The SMILES string of the molecule is CC/C=C\C/C=C\C/C=C\C/C=C\C/C=C\C/C=C\CCCCCCCCCCCCCCCCC(=O)OCC(COC(=O)CCCCCCC)OC(=O)CCCCCCCCC. The zero-order chi connectivity index (χ0) is 45.8. The maximum absolute atomic E-state index is 12.6. The molecule has 6 heteroatoms. The Labute approximate surface area is 389 Å². The highest BCUT2D eigenvalue weighted by Crippen LogP contribution is 2.15. The van der Waals surface area contributed by atoms with Crippen molar-refractivity contribution in [2.24, 2.45) is 0 Å². The third-order valence-electron chi connectivity index (χ3n) is 11.2. The summed E-state index contributed by atoms with van der Waals surface area (Å²) in [6.45, 7) is 6.39. The average molecular weight is 879 g/mol. The van der Waals surface area contributed by atoms with Crippen LogP contribution in [0.25, 0.3) is 0 Å². The second-order valence-corrected chi connectivity index (χ2v) is 17.4. The molecule has 1 unspecified atom stereocenters. The molecule has 0 amide bonds. The van der Waals surface area contributed by atoms with E-state index >= 15 is 0 Å². The van der Waals surface area contributed by atoms with E-state index in [9.17, 15) is 14.4 Å². The molecule has 0 aliphatic heterocycles. The van der Waals surface area contributed by atoms with E-state index < -0.39 is 6.10 Å². The fraction of sp³-hybridized carbons (Fsp3) is 0.737. The molecule has 0 heterocycles. The highest BCUT2D eigenvalue weighted by Gasteiger charge is 2.19. The van der Waals surface area contributed by atoms with E-state index in [0.717, 1.165) is 103 Å². The van der Waals surface area contributed by atoms with Gasteiger partial charge in [-0.25, -0.2) is 0 Å². The van der Waals surface area contributed by atoms with Crippen LogP contribution in [0.3, 0.4) is 0 Å². The Balaban J connectivity index is 3.85. The number of unbranched alkanes of at least 4 members (excludes halogenated alkanes) is 24. The molecule has 0 saturated heterocycles. The van der Waals surface area contributed by atoms with Crippen LogP contribution in [0.4, 0.5) is 0 Å². The number of ether oxygens (including phenoxy) is 3. The number of carbonyl (C=O) groups excluding carboxylic acids is 3. The molecular weight excluding hydrogens is 781 g/mol. The number of hydrogen-bond acceptors (Lipinski definition) is 6. The van der Waals surface area contributed by atoms with Crippen molar-refractivity contribution < 1.29 is 28.6 Å². The van der Waals surface area contributed by atoms with Gasteiger partial charge in [0, 0.05) is 19.3 Å². The van der Waals surface area contributed by atoms with Crippen molar-refractivity contribution in [3.8, 4) is 0 Å². The Morgan fingerprint density at radius 3 is 0.968 bits per heavy atom. The van der Waals surface area contributed by atoms with Crippen molar-refractivity contribution >= 4 is 17.9 Å². The van der Waals surface area contributed by atoms with Gasteiger partial charge >= 0.3 is 17.9 Å². The van der Waals surface area contributed by atoms with Gasteiger partial charge in [0.25, 0.3) is 0 Å². The van der Waals surface area contributed by atoms with Gasteiger partial charge in [-0.05, 0) is 70.6 Å². The van der Waals surface area contributed by atoms with Crippen LogP contribution >= 0.6 is 0 Å². The Morgan fingerprint density at radius 1 is 0.333 bits per heavy atom. The van der Waals surface area contributed by atoms with Gasteiger partial charge < -0.3 is 14.2 Å². The second-order valence-electron chi connectivity index (χ2n) is 17.4. The van der Waals surface area contributed by atoms with Crippen LogP contribution in [-0.4, -0.2) is 37.2 Å². The zero-order valence-corrected chi connectivity index (χ0v) is 41.3. The number of allylic oxidation sites excluding steroid dienone is 12. The normalized spacial score (nSPS) is 12.6. The van der Waals surface area contributed by atoms with Gasteiger partial charge in [-0.2, -0.15) is 0 Å². The number of esters is 3. The first-order valence-electron chi connectivity index (χ1n) is 26.4. The molecule has 0 bridgehead atoms. The smallest absolute Gasteiger partial charge is 0.306 e. The number of rotatable bonds is 47. The third kappa shape index (κ3) is 49.7. The van der Waals surface area contributed by atoms with E-state index in [1.165, 1.54) is 109 Å². The van der Waals surface area contributed by atoms with Crippen molar-refractivity contribution in [3.63, 3.8) is 0 Å². The number of hydrogen-bond donors (Lipinski definition) is 0. The van der Waals surface area contributed by atoms with E-state index in [1.807, 2.05) is 0 Å². The lowest BCUT2D eigenvalue weighted by molar-refractivity contribution is -0.167. The fourth-order valence-electron chi connectivity index (χ4n) is 7.27. The lowest BCUT2D eigenvalue weighted by Crippen LogP contribution is -2.30. The van der Waals surface area contributed by atoms with Crippen LogP contribution in [0, 0.1) is 0 Å². The molecule has 0 rings (SSSR count). The molecule has 362 valence electrons. The van der Waals surface area contributed by atoms with Crippen LogP contribution in [0.1, 0.15) is 252 Å². The van der Waals surface area contributed by atoms with Crippen molar-refractivity contribution in [2.45, 2.75) is 258 Å². The summed E-state index contributed by atoms with van der Waals surface area (Å²) in [6.07, 6.45) is 65.4. The highest BCUT2D eigenvalue weighted by atomic mass is 16.6. The molecule has 0 aromatic heterocycles. The van der Waals surface area contributed by atoms with Crippen LogP contribution in [0.5, 0.6) is 0 Å². The molecule has 1 atom stereocenters. The van der Waals surface area contributed by atoms with Crippen molar-refractivity contribution in [1.82, 2.24) is 0 Å². The predicted octanol–water partition coefficient (Wildman–Crippen LogP) is 17.4. The molecule has 6 nitrogen and oxygen atoms in total. The summed E-state index contributed by atoms with van der Waals surface area (Å²) in [5.41, 5.74) is 0. The minimum Gasteiger partial charge on any atom is -0.462 e. The minimum atomic E-state index is -0.764. The molecule has 0 aliphatic carbocycles. The van der Waals surface area contributed by atoms with Gasteiger partial charge in [-0.3, -0.25) is 14.4 Å². The molecule has 0 aromatic carbocycles. The molecule has 0 aliphatic rings. The topological polar surface area (TPSA) is 78.9 Å². The molecule has 0 N–H and O–H groups in total. The van der Waals surface area contributed by atoms with Crippen molar-refractivity contribution in [2.75, 3.05) is 13.2 Å². The highest BCUT2D eigenvalue weighted by molar-refractivity contribution is 5.71. The first-order chi connectivity index (χ1) is 31.0. The summed E-state index contributed by atoms with van der Waals surface area (Å²) in [4.78, 5) is 37.4. The quantitative estimate of drug-likeness (QED) is 0.0262. The second kappa shape index (κ2) is 51.5. The molecular formula is C57H98O6. The molecule has 0 radical (unpaired) electrons. The molecule has 0 aromatic rings. The van der Waals surface area contributed by atoms with E-state index in [2.05, 4.69) is 93.7 Å². The minimum absolute atomic E-state index is 0.0730. The Hall–Kier alpha value is -3.15. The largest absolute Gasteiger partial charge is 0.462 e. The van der Waals surface area contributed by atoms with Crippen LogP contribution in [0.2, 0.25) is 0 Å². The van der Waals surface area contributed by atoms with Gasteiger partial charge in [-0.1, -0.05) is 235 Å². The van der Waals surface area contributed by atoms with E-state index in [1.54, 1.807) is 0 Å². The van der Waals surface area contributed by atoms with Crippen LogP contribution in [0.15, 0.2) is 72.9 Å². The summed E-state index contributed by atoms with van der Waals surface area (Å²) in [6, 6.07) is 0. The van der Waals surface area contributed by atoms with Gasteiger partial charge in [-0.15, -0.1) is 0 Å². The predicted molar refractivity (Wildman–Crippen MR) is 270 cm³/mol. The van der Waals surface area contributed by atoms with E-state index in [4.69, 9.17) is 14.2 Å². The summed E-state index contributed by atoms with van der Waals surface area (Å²) < 4.78 is 16.6. The summed E-state index contributed by atoms with van der Waals surface area (Å²) in [5, 5.41) is 0. The maximum atomic E-state index is 12.6. The molecule has 63 heavy (non-hydrogen) atoms. The first kappa shape index (κ1) is 59.9. The lowest BCUT2D eigenvalue weighted by atomic mass is 10.0. The van der Waals surface area contributed by atoms with E-state index in [-0.39, 0.29) is 31.1 Å². The van der Waals surface area contributed by atoms with Crippen LogP contribution < -0.4 is 0 Å². The molecule has 0 spiro atoms. The van der Waals surface area contributed by atoms with Crippen molar-refractivity contribution in [1.29, 1.82) is 0 Å². The van der Waals surface area contributed by atoms with Gasteiger partial charge in [0.2, 0.25) is 0 Å². The Bertz CT molecular complexity index is 1190. The third-order valence-corrected chi connectivity index (χ3v) is 11.2. The standard InChI is InChI=1S/C57H98O6/c1-4-7-10-13-15-16-17-18-19-20-21-22-23-24-25-26-27-28-29-30-31-32-33-34-35-36-37-38-39-40-42-44-47-50-56(59)62-53-54(52-61-55(58)49-46-43-12-9-6-3)63-57(60)51-48-45-41-14-11-8-5-2/h7,10,15-16,18-19,21-22,24-25,27-28,54H,4-6,8-9,11-14,17,20,23,26,29-53H2,1-3H3/b10-7-,16-15-,19-18-,22-21-,25-24-,28-27-. The lowest BCUT2D eigenvalue weighted by Gasteiger charge is -2.18. The maximum Gasteiger partial charge on any atom is 0.306 e. The summed E-state index contributed by atoms with van der Waals surface area (Å²) in [7, 11) is 0. The van der Waals surface area contributed by atoms with Gasteiger partial charge in [0.15, 0.2) is 6.10 Å². The number of carbonyl (C=O) groups is 3. The summed E-state index contributed by atoms with van der Waals surface area (Å²) >= 11 is 0. The summed E-state index contributed by atoms with van der Waals surface area (Å²) in [5.74, 6) is -0.893. The van der Waals surface area contributed by atoms with E-state index in [0.29, 0.717) is 19.3 Å². The van der Waals surface area contributed by atoms with Gasteiger partial charge in [0.05, 0.1) is 0 Å². The Kier molecular flexibility index (Phi) is 48.9. The Morgan fingerprint density at radius 2 is 0.619 bits per heavy atom. The molecule has 0 fully saturated rings. The van der Waals surface area contributed by atoms with Gasteiger partial charge in [0.1, 0.15) is 13.2 Å². The first-order valence-corrected chi connectivity index (χ1v) is 26.4. The van der Waals surface area contributed by atoms with Crippen LogP contribution in [-0.2, 0) is 28.6 Å². The average Bonchev–Trinajstić information content (AvgIpc) is 3.28. The zero-order valence-electron chi connectivity index (χ0n) is 41.3. The molecule has 0 saturated carbocycles. The monoisotopic (exact) mass is 879 g/mol.